The Kier molecular flexibility index (Phi) is 14.7. The van der Waals surface area contributed by atoms with Gasteiger partial charge in [-0.3, -0.25) is 19.8 Å². The number of anilines is 2. The third kappa shape index (κ3) is 11.8. The standard InChI is InChI=1S/C49H59N7O7S.C2HF3O2/c1-32(2)39-7-4-5-8-40(39)43-9-6-22-55(43)36-28-49(29-36)19-23-54(24-20-49)35-10-12-41(45(26-35)63-37-25-34-16-21-50-46(34)52-31-37)47(57)53-64(61,62)38-11-13-42(44(27-38)56(59)60)51-30-33-14-17-48(3,58)18-15-33;3-2(4,5)1(6)7/h4-5,7-8,10-13,16,21,25-27,31-33,36,43,51,58H,6,9,14-15,17-20,22-24,28-30H2,1-3H3,(H,50,52)(H,53,57);(H,6,7)/t33?,43-,48?;/m0./s1. The molecular weight excluding hydrogens is 944 g/mol. The van der Waals surface area contributed by atoms with Crippen molar-refractivity contribution < 1.29 is 51.1 Å². The van der Waals surface area contributed by atoms with E-state index in [1.807, 2.05) is 19.1 Å². The van der Waals surface area contributed by atoms with Crippen molar-refractivity contribution in [1.82, 2.24) is 19.6 Å². The van der Waals surface area contributed by atoms with Crippen molar-refractivity contribution in [3.63, 3.8) is 0 Å². The normalized spacial score (nSPS) is 21.6. The number of nitrogens with zero attached hydrogens (tertiary/aromatic N) is 4. The lowest BCUT2D eigenvalue weighted by Crippen LogP contribution is -2.54. The zero-order valence-electron chi connectivity index (χ0n) is 39.9. The van der Waals surface area contributed by atoms with Crippen LogP contribution in [0.15, 0.2) is 90.1 Å². The number of nitrogens with one attached hydrogen (secondary N) is 3. The molecule has 4 fully saturated rings. The number of fused-ring (bicyclic) bond motifs is 1. The molecule has 0 bridgehead atoms. The number of aliphatic hydroxyl groups is 1. The molecule has 380 valence electrons. The van der Waals surface area contributed by atoms with Crippen molar-refractivity contribution in [2.75, 3.05) is 36.4 Å². The van der Waals surface area contributed by atoms with Gasteiger partial charge < -0.3 is 30.2 Å². The molecule has 0 radical (unpaired) electrons. The maximum atomic E-state index is 14.0. The number of aromatic nitrogens is 2. The van der Waals surface area contributed by atoms with E-state index in [0.717, 1.165) is 62.5 Å². The minimum absolute atomic E-state index is 0.0183. The Bertz CT molecular complexity index is 2870. The molecule has 71 heavy (non-hydrogen) atoms. The largest absolute Gasteiger partial charge is 0.490 e. The van der Waals surface area contributed by atoms with Gasteiger partial charge in [0, 0.05) is 61.1 Å². The van der Waals surface area contributed by atoms with Gasteiger partial charge in [-0.15, -0.1) is 0 Å². The zero-order valence-corrected chi connectivity index (χ0v) is 40.7. The minimum atomic E-state index is -5.08. The second-order valence-electron chi connectivity index (χ2n) is 20.1. The number of benzene rings is 3. The highest BCUT2D eigenvalue weighted by Crippen LogP contribution is 2.54. The first-order valence-corrected chi connectivity index (χ1v) is 25.6. The number of nitro groups is 1. The smallest absolute Gasteiger partial charge is 0.475 e. The van der Waals surface area contributed by atoms with Gasteiger partial charge in [0.15, 0.2) is 0 Å². The molecule has 2 aromatic heterocycles. The van der Waals surface area contributed by atoms with Gasteiger partial charge in [-0.05, 0) is 142 Å². The number of alkyl halides is 3. The van der Waals surface area contributed by atoms with Crippen LogP contribution in [0.25, 0.3) is 11.0 Å². The van der Waals surface area contributed by atoms with E-state index >= 15 is 0 Å². The molecule has 20 heteroatoms. The van der Waals surface area contributed by atoms with E-state index in [-0.39, 0.29) is 22.9 Å². The SMILES string of the molecule is CC(C)c1ccccc1[C@@H]1CCCN1C1CC2(CCN(c3ccc(C(=O)NS(=O)(=O)c4ccc(NCC5CCC(C)(O)CC5)c([N+](=O)[O-])c4)c(Oc4cnc5[nH]ccc5c4)c3)CC2)C1.O=C(O)C(F)(F)F. The maximum Gasteiger partial charge on any atom is 0.490 e. The fourth-order valence-electron chi connectivity index (χ4n) is 10.8. The first kappa shape index (κ1) is 51.1. The number of pyridine rings is 1. The van der Waals surface area contributed by atoms with Crippen LogP contribution in [0, 0.1) is 21.4 Å². The van der Waals surface area contributed by atoms with Crippen LogP contribution in [0.3, 0.4) is 0 Å². The lowest BCUT2D eigenvalue weighted by atomic mass is 9.59. The summed E-state index contributed by atoms with van der Waals surface area (Å²) in [4.78, 5) is 46.6. The first-order valence-electron chi connectivity index (χ1n) is 24.1. The Morgan fingerprint density at radius 3 is 2.37 bits per heavy atom. The average molecular weight is 1000 g/mol. The number of nitro benzene ring substituents is 1. The predicted octanol–water partition coefficient (Wildman–Crippen LogP) is 10.1. The van der Waals surface area contributed by atoms with Crippen LogP contribution in [0.4, 0.5) is 30.2 Å². The number of ether oxygens (including phenoxy) is 1. The summed E-state index contributed by atoms with van der Waals surface area (Å²) in [6.45, 7) is 9.66. The van der Waals surface area contributed by atoms with Gasteiger partial charge in [-0.2, -0.15) is 13.2 Å². The Morgan fingerprint density at radius 2 is 1.69 bits per heavy atom. The average Bonchev–Trinajstić information content (AvgIpc) is 4.00. The molecule has 16 nitrogen and oxygen atoms in total. The van der Waals surface area contributed by atoms with Crippen molar-refractivity contribution in [1.29, 1.82) is 0 Å². The third-order valence-electron chi connectivity index (χ3n) is 14.8. The van der Waals surface area contributed by atoms with E-state index < -0.39 is 49.2 Å². The molecule has 0 unspecified atom stereocenters. The monoisotopic (exact) mass is 1000 g/mol. The molecule has 4 aliphatic rings. The van der Waals surface area contributed by atoms with Crippen LogP contribution < -0.4 is 19.7 Å². The molecule has 1 amide bonds. The van der Waals surface area contributed by atoms with Crippen molar-refractivity contribution in [3.8, 4) is 11.5 Å². The summed E-state index contributed by atoms with van der Waals surface area (Å²) < 4.78 is 67.7. The summed E-state index contributed by atoms with van der Waals surface area (Å²) in [5.41, 5.74) is 3.82. The number of halogens is 3. The molecule has 4 heterocycles. The van der Waals surface area contributed by atoms with Gasteiger partial charge in [-0.1, -0.05) is 38.1 Å². The molecule has 1 spiro atoms. The summed E-state index contributed by atoms with van der Waals surface area (Å²) in [6.07, 6.45) is 7.99. The Hall–Kier alpha value is -6.25. The summed E-state index contributed by atoms with van der Waals surface area (Å²) in [5.74, 6) is -2.47. The Labute approximate surface area is 410 Å². The summed E-state index contributed by atoms with van der Waals surface area (Å²) >= 11 is 0. The van der Waals surface area contributed by atoms with Gasteiger partial charge in [0.2, 0.25) is 0 Å². The highest BCUT2D eigenvalue weighted by Gasteiger charge is 2.50. The number of hydrogen-bond donors (Lipinski definition) is 5. The topological polar surface area (TPSA) is 220 Å². The Morgan fingerprint density at radius 1 is 0.986 bits per heavy atom. The van der Waals surface area contributed by atoms with Crippen LogP contribution >= 0.6 is 0 Å². The van der Waals surface area contributed by atoms with E-state index in [9.17, 15) is 41.6 Å². The summed E-state index contributed by atoms with van der Waals surface area (Å²) in [5, 5.41) is 33.5. The number of carboxylic acid groups (broad SMARTS) is 1. The fraction of sp³-hybridized carbons (Fsp3) is 0.471. The van der Waals surface area contributed by atoms with Crippen molar-refractivity contribution in [3.05, 3.63) is 112 Å². The van der Waals surface area contributed by atoms with E-state index in [0.29, 0.717) is 54.2 Å². The molecule has 3 aromatic carbocycles. The number of aromatic amines is 1. The molecule has 2 saturated heterocycles. The van der Waals surface area contributed by atoms with Gasteiger partial charge in [0.05, 0.1) is 27.2 Å². The van der Waals surface area contributed by atoms with Crippen LogP contribution in [0.2, 0.25) is 0 Å². The molecule has 9 rings (SSSR count). The van der Waals surface area contributed by atoms with Gasteiger partial charge >= 0.3 is 12.1 Å². The number of likely N-dealkylation sites (tertiary alicyclic amines) is 1. The van der Waals surface area contributed by atoms with Crippen molar-refractivity contribution >= 4 is 50.0 Å². The quantitative estimate of drug-likeness (QED) is 0.0548. The number of aliphatic carboxylic acids is 1. The summed E-state index contributed by atoms with van der Waals surface area (Å²) in [6, 6.07) is 22.4. The number of carbonyl (C=O) groups excluding carboxylic acids is 1. The molecular formula is C51H60F3N7O9S. The van der Waals surface area contributed by atoms with E-state index in [4.69, 9.17) is 14.6 Å². The number of amides is 1. The predicted molar refractivity (Wildman–Crippen MR) is 261 cm³/mol. The lowest BCUT2D eigenvalue weighted by Gasteiger charge is -2.56. The highest BCUT2D eigenvalue weighted by molar-refractivity contribution is 7.90. The van der Waals surface area contributed by atoms with Crippen LogP contribution in [0.1, 0.15) is 118 Å². The molecule has 2 aliphatic carbocycles. The lowest BCUT2D eigenvalue weighted by molar-refractivity contribution is -0.384. The highest BCUT2D eigenvalue weighted by atomic mass is 32.2. The maximum absolute atomic E-state index is 14.0. The van der Waals surface area contributed by atoms with E-state index in [2.05, 4.69) is 67.9 Å². The summed E-state index contributed by atoms with van der Waals surface area (Å²) in [7, 11) is -4.56. The number of sulfonamides is 1. The van der Waals surface area contributed by atoms with Crippen LogP contribution in [0.5, 0.6) is 11.5 Å². The van der Waals surface area contributed by atoms with Crippen molar-refractivity contribution in [2.45, 2.75) is 120 Å². The minimum Gasteiger partial charge on any atom is -0.475 e. The van der Waals surface area contributed by atoms with Gasteiger partial charge in [-0.25, -0.2) is 22.9 Å². The number of H-pyrrole nitrogens is 1. The number of hydrogen-bond acceptors (Lipinski definition) is 12. The molecule has 1 atom stereocenters. The van der Waals surface area contributed by atoms with E-state index in [1.54, 1.807) is 30.6 Å². The number of carboxylic acids is 1. The van der Waals surface area contributed by atoms with E-state index in [1.165, 1.54) is 48.9 Å². The number of rotatable bonds is 13. The zero-order chi connectivity index (χ0) is 50.9. The molecule has 5 N–H and O–H groups in total. The first-order chi connectivity index (χ1) is 33.6. The third-order valence-corrected chi connectivity index (χ3v) is 16.1. The molecule has 2 saturated carbocycles. The number of carbonyl (C=O) groups is 2. The number of piperidine rings is 1. The molecule has 2 aliphatic heterocycles. The van der Waals surface area contributed by atoms with Crippen LogP contribution in [-0.4, -0.2) is 94.3 Å². The van der Waals surface area contributed by atoms with Crippen LogP contribution in [-0.2, 0) is 14.8 Å². The Balaban J connectivity index is 0.000000900. The fourth-order valence-corrected chi connectivity index (χ4v) is 11.8. The van der Waals surface area contributed by atoms with Crippen molar-refractivity contribution in [2.24, 2.45) is 11.3 Å². The molecule has 5 aromatic rings. The second-order valence-corrected chi connectivity index (χ2v) is 21.8. The van der Waals surface area contributed by atoms with Gasteiger partial charge in [0.1, 0.15) is 22.8 Å². The van der Waals surface area contributed by atoms with Gasteiger partial charge in [0.25, 0.3) is 21.6 Å². The second kappa shape index (κ2) is 20.5.